The minimum Gasteiger partial charge on any atom is -0.479 e. The van der Waals surface area contributed by atoms with Gasteiger partial charge in [-0.2, -0.15) is 0 Å². The zero-order chi connectivity index (χ0) is 57.5. The van der Waals surface area contributed by atoms with E-state index in [1.165, 1.54) is 96.3 Å². The van der Waals surface area contributed by atoms with Crippen LogP contribution in [0.1, 0.15) is 278 Å². The van der Waals surface area contributed by atoms with Crippen molar-refractivity contribution in [2.45, 2.75) is 314 Å². The molecule has 0 aliphatic carbocycles. The van der Waals surface area contributed by atoms with Crippen molar-refractivity contribution < 1.29 is 58.2 Å². The number of carbonyl (C=O) groups excluding carboxylic acids is 3. The zero-order valence-corrected chi connectivity index (χ0v) is 50.1. The van der Waals surface area contributed by atoms with Gasteiger partial charge in [-0.1, -0.05) is 222 Å². The molecular weight excluding hydrogens is 997 g/mol. The first kappa shape index (κ1) is 73.2. The smallest absolute Gasteiger partial charge is 0.335 e. The van der Waals surface area contributed by atoms with Crippen molar-refractivity contribution in [3.63, 3.8) is 0 Å². The number of allylic oxidation sites excluding steroid dienone is 12. The fraction of sp³-hybridized carbons (Fsp3) is 0.761. The van der Waals surface area contributed by atoms with Crippen molar-refractivity contribution in [2.75, 3.05) is 13.2 Å². The molecule has 12 nitrogen and oxygen atoms in total. The van der Waals surface area contributed by atoms with Gasteiger partial charge in [-0.15, -0.1) is 0 Å². The topological polar surface area (TPSA) is 175 Å². The fourth-order valence-corrected chi connectivity index (χ4v) is 9.35. The monoisotopic (exact) mass is 1110 g/mol. The highest BCUT2D eigenvalue weighted by molar-refractivity contribution is 5.74. The van der Waals surface area contributed by atoms with Crippen LogP contribution in [0.3, 0.4) is 0 Å². The first-order chi connectivity index (χ1) is 38.6. The van der Waals surface area contributed by atoms with Crippen molar-refractivity contribution in [3.8, 4) is 0 Å². The molecule has 0 aromatic heterocycles. The van der Waals surface area contributed by atoms with Crippen molar-refractivity contribution in [1.82, 2.24) is 0 Å². The number of aliphatic hydroxyl groups excluding tert-OH is 2. The molecule has 0 aromatic carbocycles. The Morgan fingerprint density at radius 1 is 0.430 bits per heavy atom. The summed E-state index contributed by atoms with van der Waals surface area (Å²) < 4.78 is 28.5. The van der Waals surface area contributed by atoms with Gasteiger partial charge in [0.2, 0.25) is 0 Å². The molecule has 1 aliphatic rings. The van der Waals surface area contributed by atoms with E-state index in [-0.39, 0.29) is 25.9 Å². The molecule has 0 radical (unpaired) electrons. The van der Waals surface area contributed by atoms with E-state index in [0.29, 0.717) is 19.3 Å². The molecular formula is C67H114O12. The van der Waals surface area contributed by atoms with Crippen LogP contribution in [-0.2, 0) is 42.9 Å². The maximum absolute atomic E-state index is 13.2. The van der Waals surface area contributed by atoms with Gasteiger partial charge in [0.25, 0.3) is 0 Å². The first-order valence-corrected chi connectivity index (χ1v) is 31.9. The van der Waals surface area contributed by atoms with Crippen molar-refractivity contribution in [1.29, 1.82) is 0 Å². The first-order valence-electron chi connectivity index (χ1n) is 31.9. The van der Waals surface area contributed by atoms with Gasteiger partial charge in [0, 0.05) is 19.3 Å². The maximum atomic E-state index is 13.2. The fourth-order valence-electron chi connectivity index (χ4n) is 9.35. The predicted molar refractivity (Wildman–Crippen MR) is 322 cm³/mol. The number of hydrogen-bond donors (Lipinski definition) is 3. The summed E-state index contributed by atoms with van der Waals surface area (Å²) in [5.41, 5.74) is 0. The molecule has 79 heavy (non-hydrogen) atoms. The number of aliphatic hydroxyl groups is 2. The zero-order valence-electron chi connectivity index (χ0n) is 50.1. The summed E-state index contributed by atoms with van der Waals surface area (Å²) in [4.78, 5) is 51.3. The van der Waals surface area contributed by atoms with Crippen LogP contribution in [0.15, 0.2) is 72.9 Å². The number of hydrogen-bond acceptors (Lipinski definition) is 11. The van der Waals surface area contributed by atoms with Crippen molar-refractivity contribution >= 4 is 23.9 Å². The van der Waals surface area contributed by atoms with Crippen LogP contribution in [0, 0.1) is 0 Å². The summed E-state index contributed by atoms with van der Waals surface area (Å²) >= 11 is 0. The average molecular weight is 1110 g/mol. The molecule has 6 atom stereocenters. The molecule has 0 aromatic rings. The molecule has 0 amide bonds. The van der Waals surface area contributed by atoms with Crippen LogP contribution < -0.4 is 0 Å². The molecule has 0 spiro atoms. The standard InChI is InChI=1S/C67H114O12/c1-4-7-10-13-16-19-22-25-28-30-33-35-38-41-44-47-50-53-59(68)75-56-58(77-60(69)54-51-48-45-42-39-37-34-31-29-26-23-20-17-14-11-8-5-2)57-76-67-65(63(72)62(71)64(79-67)66(73)74)78-61(70)55-52-49-46-43-40-36-32-27-24-21-18-15-12-9-6-3/h9,12,16,18-19,21,25-29,32,58,62-65,67,71-72H,4-8,10-11,13-15,17,20,22-24,30-31,33-57H2,1-3H3,(H,73,74)/b12-9-,19-16-,21-18-,28-25-,29-26-,32-27-. The third kappa shape index (κ3) is 44.5. The Bertz CT molecular complexity index is 1650. The SMILES string of the molecule is CC/C=C\C/C=C\C/C=C\CCCCCCCC(=O)OC1C(OCC(COC(=O)CCCCCCCCC/C=C\C/C=C\CCCCC)OC(=O)CCCCCCCCC/C=C\CCCCCCCC)OC(C(=O)O)C(O)C1O. The number of carboxylic acids is 1. The van der Waals surface area contributed by atoms with E-state index in [0.717, 1.165) is 122 Å². The van der Waals surface area contributed by atoms with Gasteiger partial charge in [-0.05, 0) is 109 Å². The minimum absolute atomic E-state index is 0.0385. The van der Waals surface area contributed by atoms with E-state index in [4.69, 9.17) is 23.7 Å². The van der Waals surface area contributed by atoms with Crippen LogP contribution in [-0.4, -0.2) is 89.2 Å². The van der Waals surface area contributed by atoms with E-state index in [1.54, 1.807) is 0 Å². The van der Waals surface area contributed by atoms with Crippen molar-refractivity contribution in [2.24, 2.45) is 0 Å². The summed E-state index contributed by atoms with van der Waals surface area (Å²) in [5, 5.41) is 31.6. The summed E-state index contributed by atoms with van der Waals surface area (Å²) in [6.07, 6.45) is 57.1. The normalized spacial score (nSPS) is 18.3. The minimum atomic E-state index is -1.91. The van der Waals surface area contributed by atoms with Gasteiger partial charge in [-0.25, -0.2) is 4.79 Å². The summed E-state index contributed by atoms with van der Waals surface area (Å²) in [7, 11) is 0. The number of carboxylic acid groups (broad SMARTS) is 1. The Hall–Kier alpha value is -3.84. The number of ether oxygens (including phenoxy) is 5. The Morgan fingerprint density at radius 2 is 0.797 bits per heavy atom. The molecule has 1 rings (SSSR count). The molecule has 1 saturated heterocycles. The second kappa shape index (κ2) is 54.7. The summed E-state index contributed by atoms with van der Waals surface area (Å²) in [5.74, 6) is -3.15. The highest BCUT2D eigenvalue weighted by atomic mass is 16.7. The number of aliphatic carboxylic acids is 1. The summed E-state index contributed by atoms with van der Waals surface area (Å²) in [6.45, 7) is 5.86. The Balaban J connectivity index is 2.68. The number of rotatable bonds is 54. The lowest BCUT2D eigenvalue weighted by Gasteiger charge is -2.40. The molecule has 0 saturated carbocycles. The molecule has 12 heteroatoms. The van der Waals surface area contributed by atoms with Crippen LogP contribution in [0.25, 0.3) is 0 Å². The highest BCUT2D eigenvalue weighted by Gasteiger charge is 2.50. The number of carbonyl (C=O) groups is 4. The second-order valence-corrected chi connectivity index (χ2v) is 21.7. The van der Waals surface area contributed by atoms with Crippen LogP contribution in [0.4, 0.5) is 0 Å². The lowest BCUT2D eigenvalue weighted by molar-refractivity contribution is -0.301. The van der Waals surface area contributed by atoms with Gasteiger partial charge >= 0.3 is 23.9 Å². The lowest BCUT2D eigenvalue weighted by Crippen LogP contribution is -2.61. The van der Waals surface area contributed by atoms with E-state index < -0.39 is 67.3 Å². The molecule has 6 unspecified atom stereocenters. The Kier molecular flexibility index (Phi) is 50.7. The highest BCUT2D eigenvalue weighted by Crippen LogP contribution is 2.26. The molecule has 454 valence electrons. The van der Waals surface area contributed by atoms with Gasteiger partial charge in [0.1, 0.15) is 18.8 Å². The van der Waals surface area contributed by atoms with E-state index >= 15 is 0 Å². The largest absolute Gasteiger partial charge is 0.479 e. The van der Waals surface area contributed by atoms with E-state index in [9.17, 15) is 34.5 Å². The van der Waals surface area contributed by atoms with Gasteiger partial charge < -0.3 is 39.0 Å². The quantitative estimate of drug-likeness (QED) is 0.0228. The number of esters is 3. The third-order valence-corrected chi connectivity index (χ3v) is 14.2. The summed E-state index contributed by atoms with van der Waals surface area (Å²) in [6, 6.07) is 0. The molecule has 3 N–H and O–H groups in total. The Morgan fingerprint density at radius 3 is 1.25 bits per heavy atom. The van der Waals surface area contributed by atoms with Gasteiger partial charge in [0.05, 0.1) is 6.61 Å². The van der Waals surface area contributed by atoms with Crippen LogP contribution >= 0.6 is 0 Å². The third-order valence-electron chi connectivity index (χ3n) is 14.2. The molecule has 1 heterocycles. The molecule has 1 fully saturated rings. The molecule has 0 bridgehead atoms. The van der Waals surface area contributed by atoms with Gasteiger partial charge in [-0.3, -0.25) is 14.4 Å². The Labute approximate surface area is 480 Å². The van der Waals surface area contributed by atoms with Gasteiger partial charge in [0.15, 0.2) is 24.6 Å². The van der Waals surface area contributed by atoms with E-state index in [1.807, 2.05) is 0 Å². The lowest BCUT2D eigenvalue weighted by atomic mass is 9.98. The maximum Gasteiger partial charge on any atom is 0.335 e. The second-order valence-electron chi connectivity index (χ2n) is 21.7. The van der Waals surface area contributed by atoms with Crippen LogP contribution in [0.5, 0.6) is 0 Å². The molecule has 1 aliphatic heterocycles. The average Bonchev–Trinajstić information content (AvgIpc) is 3.43. The van der Waals surface area contributed by atoms with Crippen molar-refractivity contribution in [3.05, 3.63) is 72.9 Å². The number of unbranched alkanes of at least 4 members (excludes halogenated alkanes) is 28. The van der Waals surface area contributed by atoms with E-state index in [2.05, 4.69) is 93.7 Å². The predicted octanol–water partition coefficient (Wildman–Crippen LogP) is 16.9. The van der Waals surface area contributed by atoms with Crippen LogP contribution in [0.2, 0.25) is 0 Å².